The zero-order valence-corrected chi connectivity index (χ0v) is 4.24. The summed E-state index contributed by atoms with van der Waals surface area (Å²) in [5.74, 6) is -0.458. The molecule has 0 aliphatic carbocycles. The van der Waals surface area contributed by atoms with Crippen LogP contribution in [0.1, 0.15) is 0 Å². The molecule has 9 heavy (non-hydrogen) atoms. The lowest BCUT2D eigenvalue weighted by Gasteiger charge is -1.90. The van der Waals surface area contributed by atoms with Crippen LogP contribution in [-0.2, 0) is 0 Å². The molecule has 6 heteroatoms. The number of rotatable bonds is 0. The third kappa shape index (κ3) is 1.15. The third-order valence-corrected chi connectivity index (χ3v) is 0.612. The first kappa shape index (κ1) is 5.54. The Morgan fingerprint density at radius 2 is 1.44 bits per heavy atom. The van der Waals surface area contributed by atoms with Crippen LogP contribution in [0.2, 0.25) is 0 Å². The maximum atomic E-state index is 8.45. The average Bonchev–Trinajstić information content (AvgIpc) is 1.59. The largest absolute Gasteiger partial charge is 0.479 e. The SMILES string of the molecule is [NH]c1nc(O)nc(O)n1. The van der Waals surface area contributed by atoms with Gasteiger partial charge >= 0.3 is 12.0 Å². The van der Waals surface area contributed by atoms with Crippen molar-refractivity contribution in [3.63, 3.8) is 0 Å². The van der Waals surface area contributed by atoms with E-state index in [9.17, 15) is 0 Å². The molecule has 0 saturated carbocycles. The zero-order chi connectivity index (χ0) is 6.85. The first-order valence-corrected chi connectivity index (χ1v) is 2.04. The normalized spacial score (nSPS) is 9.33. The molecule has 3 N–H and O–H groups in total. The van der Waals surface area contributed by atoms with Gasteiger partial charge in [0.1, 0.15) is 0 Å². The van der Waals surface area contributed by atoms with Crippen molar-refractivity contribution < 1.29 is 10.2 Å². The Labute approximate surface area is 50.0 Å². The molecule has 0 aliphatic heterocycles. The van der Waals surface area contributed by atoms with Crippen molar-refractivity contribution in [2.24, 2.45) is 0 Å². The molecule has 0 atom stereocenters. The van der Waals surface area contributed by atoms with E-state index in [-0.39, 0.29) is 0 Å². The number of hydrogen-bond acceptors (Lipinski definition) is 5. The predicted molar refractivity (Wildman–Crippen MR) is 25.9 cm³/mol. The van der Waals surface area contributed by atoms with Gasteiger partial charge in [-0.1, -0.05) is 0 Å². The fraction of sp³-hybridized carbons (Fsp3) is 0. The van der Waals surface area contributed by atoms with Gasteiger partial charge in [0.05, 0.1) is 0 Å². The Morgan fingerprint density at radius 1 is 1.00 bits per heavy atom. The predicted octanol–water partition coefficient (Wildman–Crippen LogP) is -0.803. The van der Waals surface area contributed by atoms with Crippen molar-refractivity contribution >= 4 is 5.95 Å². The van der Waals surface area contributed by atoms with E-state index in [1.165, 1.54) is 0 Å². The molecule has 0 aliphatic rings. The fourth-order valence-corrected chi connectivity index (χ4v) is 0.354. The highest BCUT2D eigenvalue weighted by Crippen LogP contribution is 2.06. The highest BCUT2D eigenvalue weighted by Gasteiger charge is 1.98. The molecule has 1 aromatic heterocycles. The van der Waals surface area contributed by atoms with Crippen LogP contribution < -0.4 is 5.73 Å². The molecule has 0 bridgehead atoms. The van der Waals surface area contributed by atoms with E-state index >= 15 is 0 Å². The molecule has 1 rings (SSSR count). The Morgan fingerprint density at radius 3 is 1.78 bits per heavy atom. The van der Waals surface area contributed by atoms with Crippen LogP contribution in [-0.4, -0.2) is 25.2 Å². The summed E-state index contributed by atoms with van der Waals surface area (Å²) in [7, 11) is 0. The summed E-state index contributed by atoms with van der Waals surface area (Å²) in [5, 5.41) is 16.9. The van der Waals surface area contributed by atoms with Crippen molar-refractivity contribution in [3.05, 3.63) is 0 Å². The number of aromatic nitrogens is 3. The van der Waals surface area contributed by atoms with Gasteiger partial charge in [-0.05, 0) is 0 Å². The molecule has 0 spiro atoms. The fourth-order valence-electron chi connectivity index (χ4n) is 0.354. The van der Waals surface area contributed by atoms with Crippen molar-refractivity contribution in [2.75, 3.05) is 0 Å². The molecule has 6 nitrogen and oxygen atoms in total. The molecule has 0 unspecified atom stereocenters. The maximum Gasteiger partial charge on any atom is 0.321 e. The monoisotopic (exact) mass is 127 g/mol. The lowest BCUT2D eigenvalue weighted by molar-refractivity contribution is 0.383. The van der Waals surface area contributed by atoms with Gasteiger partial charge in [-0.2, -0.15) is 9.97 Å². The highest BCUT2D eigenvalue weighted by atomic mass is 16.3. The summed E-state index contributed by atoms with van der Waals surface area (Å²) in [5.41, 5.74) is 6.69. The van der Waals surface area contributed by atoms with E-state index in [1.807, 2.05) is 0 Å². The Kier molecular flexibility index (Phi) is 1.07. The molecule has 0 amide bonds. The van der Waals surface area contributed by atoms with E-state index in [1.54, 1.807) is 0 Å². The van der Waals surface area contributed by atoms with Crippen molar-refractivity contribution in [1.82, 2.24) is 20.7 Å². The first-order chi connectivity index (χ1) is 4.18. The quantitative estimate of drug-likeness (QED) is 0.474. The molecule has 0 fully saturated rings. The minimum Gasteiger partial charge on any atom is -0.479 e. The molecule has 1 heterocycles. The molecule has 0 saturated heterocycles. The molecule has 47 valence electrons. The average molecular weight is 127 g/mol. The van der Waals surface area contributed by atoms with Crippen LogP contribution in [0.5, 0.6) is 12.0 Å². The van der Waals surface area contributed by atoms with E-state index < -0.39 is 18.0 Å². The van der Waals surface area contributed by atoms with Gasteiger partial charge in [-0.3, -0.25) is 5.73 Å². The lowest BCUT2D eigenvalue weighted by atomic mass is 10.9. The second kappa shape index (κ2) is 1.73. The van der Waals surface area contributed by atoms with Crippen LogP contribution in [0.3, 0.4) is 0 Å². The molecule has 1 radical (unpaired) electrons. The second-order valence-electron chi connectivity index (χ2n) is 1.26. The van der Waals surface area contributed by atoms with Crippen molar-refractivity contribution in [3.8, 4) is 12.0 Å². The number of nitrogens with one attached hydrogen (secondary N) is 1. The molecular formula is C3H3N4O2. The van der Waals surface area contributed by atoms with Gasteiger partial charge in [0.15, 0.2) is 0 Å². The van der Waals surface area contributed by atoms with Gasteiger partial charge in [0.2, 0.25) is 0 Å². The minimum absolute atomic E-state index is 0.458. The maximum absolute atomic E-state index is 8.45. The standard InChI is InChI=1S/C3H3N4O2/c4-1-5-2(8)7-3(9)6-1/h4H,(H2,5,6,7,8,9). The summed E-state index contributed by atoms with van der Waals surface area (Å²) in [6.07, 6.45) is 0. The van der Waals surface area contributed by atoms with Crippen LogP contribution in [0, 0.1) is 0 Å². The van der Waals surface area contributed by atoms with Crippen LogP contribution in [0.25, 0.3) is 0 Å². The molecule has 0 aromatic carbocycles. The Hall–Kier alpha value is -1.59. The summed E-state index contributed by atoms with van der Waals surface area (Å²) in [4.78, 5) is 9.15. The van der Waals surface area contributed by atoms with Crippen LogP contribution in [0.4, 0.5) is 5.95 Å². The van der Waals surface area contributed by atoms with Crippen LogP contribution >= 0.6 is 0 Å². The van der Waals surface area contributed by atoms with Gasteiger partial charge < -0.3 is 10.2 Å². The van der Waals surface area contributed by atoms with E-state index in [0.29, 0.717) is 0 Å². The molecular weight excluding hydrogens is 124 g/mol. The number of hydrogen-bond donors (Lipinski definition) is 2. The van der Waals surface area contributed by atoms with Crippen molar-refractivity contribution in [2.45, 2.75) is 0 Å². The Balaban J connectivity index is 3.17. The van der Waals surface area contributed by atoms with E-state index in [0.717, 1.165) is 0 Å². The summed E-state index contributed by atoms with van der Waals surface area (Å²) >= 11 is 0. The van der Waals surface area contributed by atoms with Crippen LogP contribution in [0.15, 0.2) is 0 Å². The van der Waals surface area contributed by atoms with Gasteiger partial charge in [-0.25, -0.2) is 0 Å². The molecule has 1 aromatic rings. The number of aromatic hydroxyl groups is 2. The van der Waals surface area contributed by atoms with Gasteiger partial charge in [-0.15, -0.1) is 4.98 Å². The van der Waals surface area contributed by atoms with Crippen molar-refractivity contribution in [1.29, 1.82) is 0 Å². The Bertz CT molecular complexity index is 175. The first-order valence-electron chi connectivity index (χ1n) is 2.04. The third-order valence-electron chi connectivity index (χ3n) is 0.612. The summed E-state index contributed by atoms with van der Waals surface area (Å²) < 4.78 is 0. The highest BCUT2D eigenvalue weighted by molar-refractivity contribution is 5.14. The smallest absolute Gasteiger partial charge is 0.321 e. The summed E-state index contributed by atoms with van der Waals surface area (Å²) in [6.45, 7) is 0. The van der Waals surface area contributed by atoms with E-state index in [4.69, 9.17) is 15.9 Å². The lowest BCUT2D eigenvalue weighted by Crippen LogP contribution is -1.87. The zero-order valence-electron chi connectivity index (χ0n) is 4.24. The topological polar surface area (TPSA) is 103 Å². The summed E-state index contributed by atoms with van der Waals surface area (Å²) in [6, 6.07) is -1.29. The van der Waals surface area contributed by atoms with E-state index in [2.05, 4.69) is 15.0 Å². The number of nitrogens with zero attached hydrogens (tertiary/aromatic N) is 3. The minimum atomic E-state index is -0.646. The van der Waals surface area contributed by atoms with Gasteiger partial charge in [0, 0.05) is 0 Å². The second-order valence-corrected chi connectivity index (χ2v) is 1.26. The van der Waals surface area contributed by atoms with Gasteiger partial charge in [0.25, 0.3) is 5.95 Å².